The summed E-state index contributed by atoms with van der Waals surface area (Å²) in [4.78, 5) is 0. The summed E-state index contributed by atoms with van der Waals surface area (Å²) in [6.07, 6.45) is 3.60. The molecule has 1 aromatic carbocycles. The number of hydrogen-bond donors (Lipinski definition) is 1. The average molecular weight is 300 g/mol. The van der Waals surface area contributed by atoms with E-state index in [4.69, 9.17) is 0 Å². The first-order chi connectivity index (χ1) is 7.96. The molecule has 0 bridgehead atoms. The summed E-state index contributed by atoms with van der Waals surface area (Å²) in [5.74, 6) is -0.192. The van der Waals surface area contributed by atoms with Crippen LogP contribution >= 0.6 is 15.9 Å². The average Bonchev–Trinajstić information content (AvgIpc) is 3.04. The normalized spacial score (nSPS) is 16.2. The molecular weight excluding hydrogens is 281 g/mol. The highest BCUT2D eigenvalue weighted by Crippen LogP contribution is 2.26. The Morgan fingerprint density at radius 1 is 1.41 bits per heavy atom. The highest BCUT2D eigenvalue weighted by Gasteiger charge is 2.25. The molecule has 3 heteroatoms. The van der Waals surface area contributed by atoms with Crippen LogP contribution in [0.2, 0.25) is 0 Å². The van der Waals surface area contributed by atoms with Gasteiger partial charge in [-0.1, -0.05) is 19.9 Å². The lowest BCUT2D eigenvalue weighted by Gasteiger charge is -2.25. The van der Waals surface area contributed by atoms with E-state index in [1.54, 1.807) is 0 Å². The van der Waals surface area contributed by atoms with E-state index >= 15 is 0 Å². The molecule has 0 saturated heterocycles. The number of hydrogen-bond acceptors (Lipinski definition) is 1. The fourth-order valence-corrected chi connectivity index (χ4v) is 2.40. The number of halogens is 2. The topological polar surface area (TPSA) is 12.0 Å². The summed E-state index contributed by atoms with van der Waals surface area (Å²) < 4.78 is 13.7. The molecule has 0 spiro atoms. The van der Waals surface area contributed by atoms with Crippen LogP contribution in [0.15, 0.2) is 22.7 Å². The van der Waals surface area contributed by atoms with Crippen molar-refractivity contribution in [2.24, 2.45) is 5.41 Å². The second-order valence-corrected chi connectivity index (χ2v) is 6.60. The molecule has 1 saturated carbocycles. The summed E-state index contributed by atoms with van der Waals surface area (Å²) in [5.41, 5.74) is 1.39. The van der Waals surface area contributed by atoms with Gasteiger partial charge in [0.15, 0.2) is 0 Å². The van der Waals surface area contributed by atoms with Gasteiger partial charge < -0.3 is 5.32 Å². The van der Waals surface area contributed by atoms with E-state index in [9.17, 15) is 4.39 Å². The zero-order valence-electron chi connectivity index (χ0n) is 10.4. The summed E-state index contributed by atoms with van der Waals surface area (Å²) in [5, 5.41) is 3.56. The molecular formula is C14H19BrFN. The molecule has 0 unspecified atom stereocenters. The molecule has 0 radical (unpaired) electrons. The van der Waals surface area contributed by atoms with Gasteiger partial charge in [-0.3, -0.25) is 0 Å². The van der Waals surface area contributed by atoms with E-state index in [0.717, 1.165) is 19.0 Å². The Kier molecular flexibility index (Phi) is 3.88. The molecule has 0 aliphatic heterocycles. The minimum absolute atomic E-state index is 0.192. The summed E-state index contributed by atoms with van der Waals surface area (Å²) >= 11 is 3.24. The van der Waals surface area contributed by atoms with Crippen molar-refractivity contribution < 1.29 is 4.39 Å². The van der Waals surface area contributed by atoms with Gasteiger partial charge in [0.25, 0.3) is 0 Å². The first-order valence-electron chi connectivity index (χ1n) is 6.14. The van der Waals surface area contributed by atoms with Crippen molar-refractivity contribution in [3.05, 3.63) is 34.1 Å². The van der Waals surface area contributed by atoms with Crippen LogP contribution in [0.4, 0.5) is 4.39 Å². The molecule has 1 aromatic rings. The quantitative estimate of drug-likeness (QED) is 0.869. The van der Waals surface area contributed by atoms with Gasteiger partial charge in [-0.25, -0.2) is 4.39 Å². The molecule has 94 valence electrons. The molecule has 2 rings (SSSR count). The van der Waals surface area contributed by atoms with Crippen LogP contribution < -0.4 is 5.32 Å². The third kappa shape index (κ3) is 4.07. The van der Waals surface area contributed by atoms with Crippen LogP contribution in [-0.4, -0.2) is 12.6 Å². The Morgan fingerprint density at radius 3 is 2.71 bits per heavy atom. The zero-order valence-corrected chi connectivity index (χ0v) is 12.0. The molecule has 1 nitrogen and oxygen atoms in total. The lowest BCUT2D eigenvalue weighted by Crippen LogP contribution is -2.32. The van der Waals surface area contributed by atoms with E-state index in [0.29, 0.717) is 4.47 Å². The van der Waals surface area contributed by atoms with Crippen LogP contribution in [0, 0.1) is 11.2 Å². The lowest BCUT2D eigenvalue weighted by atomic mass is 9.85. The number of nitrogens with one attached hydrogen (secondary N) is 1. The van der Waals surface area contributed by atoms with Crippen molar-refractivity contribution in [3.63, 3.8) is 0 Å². The molecule has 0 amide bonds. The molecule has 0 heterocycles. The van der Waals surface area contributed by atoms with Gasteiger partial charge in [-0.05, 0) is 58.3 Å². The van der Waals surface area contributed by atoms with E-state index in [1.165, 1.54) is 24.5 Å². The van der Waals surface area contributed by atoms with Crippen molar-refractivity contribution in [2.45, 2.75) is 39.2 Å². The van der Waals surface area contributed by atoms with Gasteiger partial charge in [0, 0.05) is 12.6 Å². The molecule has 1 N–H and O–H groups in total. The van der Waals surface area contributed by atoms with Crippen LogP contribution in [0.5, 0.6) is 0 Å². The van der Waals surface area contributed by atoms with Crippen LogP contribution in [0.1, 0.15) is 32.3 Å². The summed E-state index contributed by atoms with van der Waals surface area (Å²) in [6.45, 7) is 5.52. The highest BCUT2D eigenvalue weighted by molar-refractivity contribution is 9.10. The standard InChI is InChI=1S/C14H19BrFN/c1-14(2,9-17-11-4-5-11)8-10-3-6-13(16)12(15)7-10/h3,6-7,11,17H,4-5,8-9H2,1-2H3. The fourth-order valence-electron chi connectivity index (χ4n) is 1.97. The van der Waals surface area contributed by atoms with Gasteiger partial charge in [0.05, 0.1) is 4.47 Å². The van der Waals surface area contributed by atoms with Crippen molar-refractivity contribution in [1.29, 1.82) is 0 Å². The first-order valence-corrected chi connectivity index (χ1v) is 6.93. The Labute approximate surface area is 111 Å². The zero-order chi connectivity index (χ0) is 12.5. The van der Waals surface area contributed by atoms with E-state index in [2.05, 4.69) is 35.1 Å². The summed E-state index contributed by atoms with van der Waals surface area (Å²) in [7, 11) is 0. The third-order valence-corrected chi connectivity index (χ3v) is 3.72. The minimum atomic E-state index is -0.192. The minimum Gasteiger partial charge on any atom is -0.313 e. The SMILES string of the molecule is CC(C)(CNC1CC1)Cc1ccc(F)c(Br)c1. The number of benzene rings is 1. The maximum absolute atomic E-state index is 13.1. The first kappa shape index (κ1) is 13.0. The van der Waals surface area contributed by atoms with E-state index in [-0.39, 0.29) is 11.2 Å². The fraction of sp³-hybridized carbons (Fsp3) is 0.571. The monoisotopic (exact) mass is 299 g/mol. The Hall–Kier alpha value is -0.410. The Balaban J connectivity index is 1.94. The van der Waals surface area contributed by atoms with Gasteiger partial charge in [0.2, 0.25) is 0 Å². The molecule has 1 aliphatic carbocycles. The largest absolute Gasteiger partial charge is 0.313 e. The van der Waals surface area contributed by atoms with Crippen LogP contribution in [-0.2, 0) is 6.42 Å². The van der Waals surface area contributed by atoms with Gasteiger partial charge in [0.1, 0.15) is 5.82 Å². The second-order valence-electron chi connectivity index (χ2n) is 5.74. The predicted molar refractivity (Wildman–Crippen MR) is 72.6 cm³/mol. The van der Waals surface area contributed by atoms with Gasteiger partial charge >= 0.3 is 0 Å². The smallest absolute Gasteiger partial charge is 0.137 e. The predicted octanol–water partition coefficient (Wildman–Crippen LogP) is 3.91. The maximum Gasteiger partial charge on any atom is 0.137 e. The Morgan fingerprint density at radius 2 is 2.12 bits per heavy atom. The van der Waals surface area contributed by atoms with Crippen molar-refractivity contribution in [2.75, 3.05) is 6.54 Å². The lowest BCUT2D eigenvalue weighted by molar-refractivity contribution is 0.337. The highest BCUT2D eigenvalue weighted by atomic mass is 79.9. The molecule has 17 heavy (non-hydrogen) atoms. The number of rotatable bonds is 5. The van der Waals surface area contributed by atoms with Crippen molar-refractivity contribution in [1.82, 2.24) is 5.32 Å². The molecule has 1 aliphatic rings. The van der Waals surface area contributed by atoms with Crippen LogP contribution in [0.25, 0.3) is 0 Å². The second kappa shape index (κ2) is 5.07. The van der Waals surface area contributed by atoms with E-state index < -0.39 is 0 Å². The van der Waals surface area contributed by atoms with E-state index in [1.807, 2.05) is 12.1 Å². The summed E-state index contributed by atoms with van der Waals surface area (Å²) in [6, 6.07) is 6.03. The van der Waals surface area contributed by atoms with Gasteiger partial charge in [-0.15, -0.1) is 0 Å². The van der Waals surface area contributed by atoms with Crippen molar-refractivity contribution in [3.8, 4) is 0 Å². The van der Waals surface area contributed by atoms with Crippen molar-refractivity contribution >= 4 is 15.9 Å². The molecule has 0 atom stereocenters. The Bertz CT molecular complexity index is 399. The molecule has 1 fully saturated rings. The maximum atomic E-state index is 13.1. The van der Waals surface area contributed by atoms with Crippen LogP contribution in [0.3, 0.4) is 0 Å². The van der Waals surface area contributed by atoms with Gasteiger partial charge in [-0.2, -0.15) is 0 Å². The molecule has 0 aromatic heterocycles. The third-order valence-electron chi connectivity index (χ3n) is 3.11.